The van der Waals surface area contributed by atoms with Gasteiger partial charge in [0, 0.05) is 18.8 Å². The van der Waals surface area contributed by atoms with Crippen LogP contribution in [0.2, 0.25) is 0 Å². The molecule has 0 unspecified atom stereocenters. The van der Waals surface area contributed by atoms with Gasteiger partial charge in [-0.2, -0.15) is 5.10 Å². The van der Waals surface area contributed by atoms with Crippen LogP contribution < -0.4 is 16.1 Å². The van der Waals surface area contributed by atoms with Crippen LogP contribution >= 0.6 is 0 Å². The molecule has 0 spiro atoms. The molecule has 0 radical (unpaired) electrons. The molecule has 3 amide bonds. The summed E-state index contributed by atoms with van der Waals surface area (Å²) in [5, 5.41) is 9.25. The lowest BCUT2D eigenvalue weighted by atomic mass is 10.2. The maximum Gasteiger partial charge on any atom is 0.339 e. The van der Waals surface area contributed by atoms with Crippen LogP contribution in [0.1, 0.15) is 13.3 Å². The van der Waals surface area contributed by atoms with E-state index in [2.05, 4.69) is 26.2 Å². The second kappa shape index (κ2) is 7.18. The Balaban J connectivity index is 1.95. The fourth-order valence-electron chi connectivity index (χ4n) is 1.77. The van der Waals surface area contributed by atoms with Gasteiger partial charge in [-0.25, -0.2) is 10.2 Å². The summed E-state index contributed by atoms with van der Waals surface area (Å²) in [5.74, 6) is -0.265. The van der Waals surface area contributed by atoms with Gasteiger partial charge in [-0.15, -0.1) is 0 Å². The van der Waals surface area contributed by atoms with Gasteiger partial charge in [0.2, 0.25) is 0 Å². The Morgan fingerprint density at radius 3 is 2.86 bits per heavy atom. The van der Waals surface area contributed by atoms with E-state index in [1.165, 1.54) is 0 Å². The normalized spacial score (nSPS) is 15.6. The van der Waals surface area contributed by atoms with E-state index >= 15 is 0 Å². The lowest BCUT2D eigenvalue weighted by molar-refractivity contribution is -0.114. The highest BCUT2D eigenvalue weighted by Crippen LogP contribution is 2.04. The zero-order valence-corrected chi connectivity index (χ0v) is 11.7. The van der Waals surface area contributed by atoms with E-state index < -0.39 is 6.03 Å². The highest BCUT2D eigenvalue weighted by atomic mass is 16.2. The average molecular weight is 287 g/mol. The number of nitrogens with zero attached hydrogens (tertiary/aromatic N) is 2. The highest BCUT2D eigenvalue weighted by molar-refractivity contribution is 6.66. The van der Waals surface area contributed by atoms with Crippen LogP contribution in [0.5, 0.6) is 0 Å². The maximum absolute atomic E-state index is 11.7. The molecule has 0 aliphatic carbocycles. The van der Waals surface area contributed by atoms with E-state index in [9.17, 15) is 9.59 Å². The molecule has 0 saturated heterocycles. The number of carbonyl (C=O) groups excluding carboxylic acids is 2. The third kappa shape index (κ3) is 4.41. The molecule has 110 valence electrons. The van der Waals surface area contributed by atoms with E-state index in [0.717, 1.165) is 6.42 Å². The quantitative estimate of drug-likeness (QED) is 0.574. The minimum absolute atomic E-state index is 0.257. The van der Waals surface area contributed by atoms with Crippen LogP contribution in [0.25, 0.3) is 0 Å². The van der Waals surface area contributed by atoms with Crippen LogP contribution in [0.3, 0.4) is 0 Å². The van der Waals surface area contributed by atoms with Crippen molar-refractivity contribution >= 4 is 29.0 Å². The van der Waals surface area contributed by atoms with Crippen molar-refractivity contribution in [1.29, 1.82) is 0 Å². The molecule has 0 fully saturated rings. The first kappa shape index (κ1) is 14.7. The van der Waals surface area contributed by atoms with Gasteiger partial charge in [0.1, 0.15) is 5.71 Å². The lowest BCUT2D eigenvalue weighted by Crippen LogP contribution is -2.35. The molecule has 1 aromatic carbocycles. The zero-order valence-electron chi connectivity index (χ0n) is 11.7. The first-order chi connectivity index (χ1) is 10.2. The summed E-state index contributed by atoms with van der Waals surface area (Å²) in [6.07, 6.45) is 0.796. The average Bonchev–Trinajstić information content (AvgIpc) is 2.70. The van der Waals surface area contributed by atoms with Gasteiger partial charge < -0.3 is 10.6 Å². The Morgan fingerprint density at radius 2 is 2.10 bits per heavy atom. The number of hydrogen-bond donors (Lipinski definition) is 3. The summed E-state index contributed by atoms with van der Waals surface area (Å²) in [4.78, 5) is 27.6. The molecule has 3 N–H and O–H groups in total. The number of hydrazone groups is 1. The fourth-order valence-corrected chi connectivity index (χ4v) is 1.77. The van der Waals surface area contributed by atoms with Gasteiger partial charge >= 0.3 is 6.03 Å². The molecule has 1 aromatic rings. The van der Waals surface area contributed by atoms with Crippen molar-refractivity contribution in [3.05, 3.63) is 30.3 Å². The molecule has 0 saturated carbocycles. The molecular weight excluding hydrogens is 270 g/mol. The van der Waals surface area contributed by atoms with Crippen molar-refractivity contribution in [2.75, 3.05) is 18.4 Å². The third-order valence-corrected chi connectivity index (χ3v) is 2.80. The van der Waals surface area contributed by atoms with E-state index in [0.29, 0.717) is 24.5 Å². The second-order valence-electron chi connectivity index (χ2n) is 4.47. The molecule has 1 aliphatic heterocycles. The summed E-state index contributed by atoms with van der Waals surface area (Å²) in [7, 11) is 0. The van der Waals surface area contributed by atoms with E-state index in [-0.39, 0.29) is 11.6 Å². The van der Waals surface area contributed by atoms with Gasteiger partial charge in [0.25, 0.3) is 5.91 Å². The Hall–Kier alpha value is -2.70. The number of aliphatic imine (C=N–C) groups is 1. The number of para-hydroxylation sites is 1. The predicted molar refractivity (Wildman–Crippen MR) is 81.6 cm³/mol. The Labute approximate surface area is 122 Å². The standard InChI is InChI=1S/C14H17N5O2/c1-10(12-13(20)16-9-5-8-15-12)18-19-14(21)17-11-6-3-2-4-7-11/h2-4,6-7H,5,8-9H2,1H3,(H,16,20)(H2,17,19,21)/b18-10-. The number of amides is 3. The first-order valence-electron chi connectivity index (χ1n) is 6.66. The van der Waals surface area contributed by atoms with Gasteiger partial charge in [-0.3, -0.25) is 9.79 Å². The number of nitrogens with one attached hydrogen (secondary N) is 3. The molecule has 2 rings (SSSR count). The van der Waals surface area contributed by atoms with Crippen molar-refractivity contribution in [3.8, 4) is 0 Å². The minimum Gasteiger partial charge on any atom is -0.351 e. The Kier molecular flexibility index (Phi) is 5.03. The molecule has 0 aromatic heterocycles. The smallest absolute Gasteiger partial charge is 0.339 e. The largest absolute Gasteiger partial charge is 0.351 e. The van der Waals surface area contributed by atoms with E-state index in [1.807, 2.05) is 18.2 Å². The maximum atomic E-state index is 11.7. The van der Waals surface area contributed by atoms with Gasteiger partial charge in [0.05, 0.1) is 5.71 Å². The number of urea groups is 1. The second-order valence-corrected chi connectivity index (χ2v) is 4.47. The Bertz CT molecular complexity index is 580. The first-order valence-corrected chi connectivity index (χ1v) is 6.66. The SMILES string of the molecule is C/C(=N/NC(=O)Nc1ccccc1)C1=NCCCNC1=O. The number of hydrogen-bond acceptors (Lipinski definition) is 4. The summed E-state index contributed by atoms with van der Waals surface area (Å²) in [6, 6.07) is 8.53. The highest BCUT2D eigenvalue weighted by Gasteiger charge is 2.16. The van der Waals surface area contributed by atoms with Gasteiger partial charge in [-0.1, -0.05) is 18.2 Å². The van der Waals surface area contributed by atoms with Crippen molar-refractivity contribution in [1.82, 2.24) is 10.7 Å². The molecule has 7 nitrogen and oxygen atoms in total. The molecule has 1 aliphatic rings. The van der Waals surface area contributed by atoms with Crippen LogP contribution in [0, 0.1) is 0 Å². The predicted octanol–water partition coefficient (Wildman–Crippen LogP) is 1.14. The summed E-state index contributed by atoms with van der Waals surface area (Å²) in [5.41, 5.74) is 3.64. The number of carbonyl (C=O) groups is 2. The molecule has 21 heavy (non-hydrogen) atoms. The topological polar surface area (TPSA) is 94.9 Å². The molecule has 1 heterocycles. The number of anilines is 1. The fraction of sp³-hybridized carbons (Fsp3) is 0.286. The van der Waals surface area contributed by atoms with Crippen molar-refractivity contribution in [2.45, 2.75) is 13.3 Å². The van der Waals surface area contributed by atoms with Crippen LogP contribution in [0.15, 0.2) is 40.4 Å². The molecular formula is C14H17N5O2. The zero-order chi connectivity index (χ0) is 15.1. The van der Waals surface area contributed by atoms with Crippen LogP contribution in [0.4, 0.5) is 10.5 Å². The number of benzene rings is 1. The minimum atomic E-state index is -0.477. The number of rotatable bonds is 3. The van der Waals surface area contributed by atoms with Gasteiger partial charge in [-0.05, 0) is 25.5 Å². The third-order valence-electron chi connectivity index (χ3n) is 2.80. The summed E-state index contributed by atoms with van der Waals surface area (Å²) in [6.45, 7) is 2.80. The molecule has 0 atom stereocenters. The van der Waals surface area contributed by atoms with Gasteiger partial charge in [0.15, 0.2) is 0 Å². The lowest BCUT2D eigenvalue weighted by Gasteiger charge is -2.06. The van der Waals surface area contributed by atoms with Crippen molar-refractivity contribution in [3.63, 3.8) is 0 Å². The molecule has 0 bridgehead atoms. The monoisotopic (exact) mass is 287 g/mol. The van der Waals surface area contributed by atoms with Crippen LogP contribution in [-0.4, -0.2) is 36.5 Å². The van der Waals surface area contributed by atoms with Crippen molar-refractivity contribution in [2.24, 2.45) is 10.1 Å². The van der Waals surface area contributed by atoms with Crippen LogP contribution in [-0.2, 0) is 4.79 Å². The summed E-state index contributed by atoms with van der Waals surface area (Å²) >= 11 is 0. The summed E-state index contributed by atoms with van der Waals surface area (Å²) < 4.78 is 0. The van der Waals surface area contributed by atoms with E-state index in [1.54, 1.807) is 19.1 Å². The Morgan fingerprint density at radius 1 is 1.33 bits per heavy atom. The van der Waals surface area contributed by atoms with E-state index in [4.69, 9.17) is 0 Å². The molecule has 7 heteroatoms. The van der Waals surface area contributed by atoms with Crippen molar-refractivity contribution < 1.29 is 9.59 Å².